The van der Waals surface area contributed by atoms with Gasteiger partial charge in [-0.15, -0.1) is 11.3 Å². The Morgan fingerprint density at radius 2 is 1.76 bits per heavy atom. The lowest BCUT2D eigenvalue weighted by molar-refractivity contribution is 0.178. The molecule has 1 saturated heterocycles. The maximum Gasteiger partial charge on any atom is 0.259 e. The summed E-state index contributed by atoms with van der Waals surface area (Å²) >= 11 is 1.49. The highest BCUT2D eigenvalue weighted by molar-refractivity contribution is 7.89. The predicted molar refractivity (Wildman–Crippen MR) is 123 cm³/mol. The van der Waals surface area contributed by atoms with Crippen LogP contribution in [0.25, 0.3) is 10.2 Å². The molecule has 1 aromatic carbocycles. The highest BCUT2D eigenvalue weighted by Crippen LogP contribution is 2.33. The SMILES string of the molecule is COc1cc(F)c(S(=O)(=O)N2CCN(Cc3nc4sc(C)c(C)c4c(=O)[nH]3)CC2)cc1OC. The molecule has 12 heteroatoms. The quantitative estimate of drug-likeness (QED) is 0.558. The molecule has 33 heavy (non-hydrogen) atoms. The first kappa shape index (κ1) is 23.6. The zero-order chi connectivity index (χ0) is 23.9. The molecule has 0 aliphatic carbocycles. The topological polar surface area (TPSA) is 105 Å². The Balaban J connectivity index is 1.49. The summed E-state index contributed by atoms with van der Waals surface area (Å²) in [6, 6.07) is 2.15. The Morgan fingerprint density at radius 3 is 2.39 bits per heavy atom. The summed E-state index contributed by atoms with van der Waals surface area (Å²) in [7, 11) is -1.35. The van der Waals surface area contributed by atoms with Crippen molar-refractivity contribution in [1.29, 1.82) is 0 Å². The van der Waals surface area contributed by atoms with E-state index in [1.54, 1.807) is 0 Å². The number of benzene rings is 1. The van der Waals surface area contributed by atoms with E-state index in [0.717, 1.165) is 22.6 Å². The van der Waals surface area contributed by atoms with Crippen molar-refractivity contribution in [2.45, 2.75) is 25.3 Å². The van der Waals surface area contributed by atoms with Gasteiger partial charge in [-0.3, -0.25) is 9.69 Å². The van der Waals surface area contributed by atoms with Gasteiger partial charge in [0.25, 0.3) is 5.56 Å². The first-order valence-corrected chi connectivity index (χ1v) is 12.5. The van der Waals surface area contributed by atoms with Gasteiger partial charge in [0.1, 0.15) is 21.4 Å². The number of rotatable bonds is 6. The van der Waals surface area contributed by atoms with E-state index in [-0.39, 0.29) is 30.1 Å². The number of hydrogen-bond acceptors (Lipinski definition) is 8. The average molecular weight is 497 g/mol. The highest BCUT2D eigenvalue weighted by atomic mass is 32.2. The van der Waals surface area contributed by atoms with Crippen LogP contribution in [0.15, 0.2) is 21.8 Å². The number of aromatic nitrogens is 2. The summed E-state index contributed by atoms with van der Waals surface area (Å²) in [5.74, 6) is -0.100. The van der Waals surface area contributed by atoms with Crippen LogP contribution in [-0.2, 0) is 16.6 Å². The van der Waals surface area contributed by atoms with Crippen LogP contribution in [0.1, 0.15) is 16.3 Å². The molecule has 0 saturated carbocycles. The van der Waals surface area contributed by atoms with Gasteiger partial charge in [-0.05, 0) is 19.4 Å². The molecule has 3 heterocycles. The van der Waals surface area contributed by atoms with E-state index in [4.69, 9.17) is 9.47 Å². The third-order valence-corrected chi connectivity index (χ3v) is 8.86. The lowest BCUT2D eigenvalue weighted by atomic mass is 10.2. The van der Waals surface area contributed by atoms with Crippen molar-refractivity contribution >= 4 is 31.6 Å². The summed E-state index contributed by atoms with van der Waals surface area (Å²) < 4.78 is 52.1. The molecule has 178 valence electrons. The molecule has 1 fully saturated rings. The number of thiophene rings is 1. The number of nitrogens with zero attached hydrogens (tertiary/aromatic N) is 3. The molecule has 0 unspecified atom stereocenters. The molecular formula is C21H25FN4O5S2. The summed E-state index contributed by atoms with van der Waals surface area (Å²) in [5, 5.41) is 0.620. The van der Waals surface area contributed by atoms with Gasteiger partial charge in [0.15, 0.2) is 11.5 Å². The number of sulfonamides is 1. The van der Waals surface area contributed by atoms with Gasteiger partial charge in [0.2, 0.25) is 10.0 Å². The molecule has 1 aliphatic heterocycles. The molecule has 0 radical (unpaired) electrons. The zero-order valence-electron chi connectivity index (χ0n) is 18.8. The van der Waals surface area contributed by atoms with Gasteiger partial charge in [-0.2, -0.15) is 4.31 Å². The second-order valence-electron chi connectivity index (χ2n) is 7.79. The second-order valence-corrected chi connectivity index (χ2v) is 10.9. The van der Waals surface area contributed by atoms with E-state index in [2.05, 4.69) is 9.97 Å². The smallest absolute Gasteiger partial charge is 0.259 e. The minimum Gasteiger partial charge on any atom is -0.493 e. The van der Waals surface area contributed by atoms with Gasteiger partial charge in [-0.1, -0.05) is 0 Å². The molecule has 1 N–H and O–H groups in total. The normalized spacial score (nSPS) is 15.8. The first-order chi connectivity index (χ1) is 15.6. The Morgan fingerprint density at radius 1 is 1.12 bits per heavy atom. The van der Waals surface area contributed by atoms with Gasteiger partial charge >= 0.3 is 0 Å². The first-order valence-electron chi connectivity index (χ1n) is 10.3. The number of aryl methyl sites for hydroxylation is 2. The zero-order valence-corrected chi connectivity index (χ0v) is 20.4. The molecule has 0 atom stereocenters. The van der Waals surface area contributed by atoms with Gasteiger partial charge < -0.3 is 14.5 Å². The van der Waals surface area contributed by atoms with E-state index < -0.39 is 20.7 Å². The van der Waals surface area contributed by atoms with Crippen LogP contribution in [0.5, 0.6) is 11.5 Å². The van der Waals surface area contributed by atoms with E-state index >= 15 is 0 Å². The van der Waals surface area contributed by atoms with Crippen molar-refractivity contribution < 1.29 is 22.3 Å². The van der Waals surface area contributed by atoms with Gasteiger partial charge in [0.05, 0.1) is 26.2 Å². The van der Waals surface area contributed by atoms with E-state index in [9.17, 15) is 17.6 Å². The Kier molecular flexibility index (Phi) is 6.45. The van der Waals surface area contributed by atoms with E-state index in [1.165, 1.54) is 29.9 Å². The maximum atomic E-state index is 14.6. The van der Waals surface area contributed by atoms with Gasteiger partial charge in [-0.25, -0.2) is 17.8 Å². The third kappa shape index (κ3) is 4.35. The third-order valence-electron chi connectivity index (χ3n) is 5.85. The fraction of sp³-hybridized carbons (Fsp3) is 0.429. The number of aromatic amines is 1. The molecule has 1 aliphatic rings. The van der Waals surface area contributed by atoms with Crippen LogP contribution in [0, 0.1) is 19.7 Å². The Labute approximate surface area is 194 Å². The molecule has 0 bridgehead atoms. The van der Waals surface area contributed by atoms with Crippen molar-refractivity contribution in [1.82, 2.24) is 19.2 Å². The second kappa shape index (κ2) is 9.01. The number of H-pyrrole nitrogens is 1. The number of piperazine rings is 1. The minimum atomic E-state index is -4.06. The molecular weight excluding hydrogens is 471 g/mol. The minimum absolute atomic E-state index is 0.119. The number of fused-ring (bicyclic) bond motifs is 1. The molecule has 3 aromatic rings. The molecule has 0 amide bonds. The number of nitrogens with one attached hydrogen (secondary N) is 1. The van der Waals surface area contributed by atoms with Crippen LogP contribution in [0.4, 0.5) is 4.39 Å². The standard InChI is InChI=1S/C21H25FN4O5S2/c1-12-13(2)32-21-19(12)20(27)23-18(24-21)11-25-5-7-26(8-6-25)33(28,29)17-10-16(31-4)15(30-3)9-14(17)22/h9-10H,5-8,11H2,1-4H3,(H,23,24,27). The predicted octanol–water partition coefficient (Wildman–Crippen LogP) is 2.26. The summed E-state index contributed by atoms with van der Waals surface area (Å²) in [4.78, 5) is 23.2. The molecule has 4 rings (SSSR count). The number of hydrogen-bond donors (Lipinski definition) is 1. The van der Waals surface area contributed by atoms with Crippen molar-refractivity contribution in [2.24, 2.45) is 0 Å². The summed E-state index contributed by atoms with van der Waals surface area (Å²) in [6.45, 7) is 5.45. The average Bonchev–Trinajstić information content (AvgIpc) is 3.07. The van der Waals surface area contributed by atoms with Crippen molar-refractivity contribution in [3.05, 3.63) is 44.6 Å². The molecule has 0 spiro atoms. The van der Waals surface area contributed by atoms with Crippen molar-refractivity contribution in [2.75, 3.05) is 40.4 Å². The lowest BCUT2D eigenvalue weighted by Gasteiger charge is -2.33. The lowest BCUT2D eigenvalue weighted by Crippen LogP contribution is -2.48. The van der Waals surface area contributed by atoms with Crippen molar-refractivity contribution in [3.8, 4) is 11.5 Å². The number of ether oxygens (including phenoxy) is 2. The highest BCUT2D eigenvalue weighted by Gasteiger charge is 2.32. The number of methoxy groups -OCH3 is 2. The number of halogens is 1. The fourth-order valence-electron chi connectivity index (χ4n) is 3.89. The van der Waals surface area contributed by atoms with Crippen LogP contribution in [0.3, 0.4) is 0 Å². The molecule has 2 aromatic heterocycles. The summed E-state index contributed by atoms with van der Waals surface area (Å²) in [5.41, 5.74) is 0.776. The maximum absolute atomic E-state index is 14.6. The van der Waals surface area contributed by atoms with E-state index in [0.29, 0.717) is 35.7 Å². The van der Waals surface area contributed by atoms with Crippen LogP contribution in [0.2, 0.25) is 0 Å². The van der Waals surface area contributed by atoms with Gasteiger partial charge in [0, 0.05) is 43.2 Å². The van der Waals surface area contributed by atoms with Crippen LogP contribution < -0.4 is 15.0 Å². The largest absolute Gasteiger partial charge is 0.493 e. The van der Waals surface area contributed by atoms with E-state index in [1.807, 2.05) is 18.7 Å². The van der Waals surface area contributed by atoms with Crippen molar-refractivity contribution in [3.63, 3.8) is 0 Å². The van der Waals surface area contributed by atoms with Crippen LogP contribution >= 0.6 is 11.3 Å². The van der Waals surface area contributed by atoms with Crippen LogP contribution in [-0.4, -0.2) is 68.0 Å². The molecule has 9 nitrogen and oxygen atoms in total. The Hall–Kier alpha value is -2.54. The Bertz CT molecular complexity index is 1360. The fourth-order valence-corrected chi connectivity index (χ4v) is 6.42. The monoisotopic (exact) mass is 496 g/mol. The summed E-state index contributed by atoms with van der Waals surface area (Å²) in [6.07, 6.45) is 0.